The van der Waals surface area contributed by atoms with Crippen LogP contribution in [0.25, 0.3) is 0 Å². The number of rotatable bonds is 5. The molecule has 1 atom stereocenters. The van der Waals surface area contributed by atoms with E-state index in [-0.39, 0.29) is 24.4 Å². The van der Waals surface area contributed by atoms with Crippen molar-refractivity contribution in [3.63, 3.8) is 0 Å². The van der Waals surface area contributed by atoms with Gasteiger partial charge in [-0.25, -0.2) is 12.7 Å². The van der Waals surface area contributed by atoms with Crippen LogP contribution in [0, 0.1) is 0 Å². The molecule has 0 radical (unpaired) electrons. The molecule has 1 heterocycles. The highest BCUT2D eigenvalue weighted by atomic mass is 35.5. The van der Waals surface area contributed by atoms with E-state index in [1.54, 1.807) is 13.8 Å². The standard InChI is InChI=1S/C10H21N3O3S.ClH/c1-3-13(4-2)17(15,16)8-10(14)12-6-5-9(11)7-12;/h9H,3-8,11H2,1-2H3;1H/t9-;/m1./s1. The highest BCUT2D eigenvalue weighted by Gasteiger charge is 2.29. The number of carbonyl (C=O) groups excluding carboxylic acids is 1. The van der Waals surface area contributed by atoms with Gasteiger partial charge in [0.25, 0.3) is 0 Å². The minimum atomic E-state index is -3.48. The van der Waals surface area contributed by atoms with Gasteiger partial charge in [0.15, 0.2) is 0 Å². The van der Waals surface area contributed by atoms with Gasteiger partial charge in [-0.3, -0.25) is 4.79 Å². The summed E-state index contributed by atoms with van der Waals surface area (Å²) in [7, 11) is -3.48. The second-order valence-electron chi connectivity index (χ2n) is 4.23. The molecule has 0 spiro atoms. The van der Waals surface area contributed by atoms with E-state index in [0.29, 0.717) is 26.2 Å². The molecular formula is C10H22ClN3O3S. The van der Waals surface area contributed by atoms with Crippen molar-refractivity contribution in [1.82, 2.24) is 9.21 Å². The van der Waals surface area contributed by atoms with Crippen LogP contribution in [-0.4, -0.2) is 61.5 Å². The molecule has 1 saturated heterocycles. The van der Waals surface area contributed by atoms with Crippen LogP contribution in [0.15, 0.2) is 0 Å². The van der Waals surface area contributed by atoms with E-state index < -0.39 is 15.8 Å². The van der Waals surface area contributed by atoms with E-state index in [4.69, 9.17) is 5.73 Å². The lowest BCUT2D eigenvalue weighted by Crippen LogP contribution is -2.41. The monoisotopic (exact) mass is 299 g/mol. The Morgan fingerprint density at radius 2 is 1.94 bits per heavy atom. The largest absolute Gasteiger partial charge is 0.340 e. The number of carbonyl (C=O) groups is 1. The van der Waals surface area contributed by atoms with E-state index in [2.05, 4.69) is 0 Å². The lowest BCUT2D eigenvalue weighted by molar-refractivity contribution is -0.127. The van der Waals surface area contributed by atoms with E-state index in [1.165, 1.54) is 9.21 Å². The number of nitrogens with zero attached hydrogens (tertiary/aromatic N) is 2. The van der Waals surface area contributed by atoms with Crippen molar-refractivity contribution in [3.05, 3.63) is 0 Å². The van der Waals surface area contributed by atoms with E-state index in [0.717, 1.165) is 6.42 Å². The fourth-order valence-electron chi connectivity index (χ4n) is 1.97. The van der Waals surface area contributed by atoms with Gasteiger partial charge >= 0.3 is 0 Å². The Kier molecular flexibility index (Phi) is 7.13. The highest BCUT2D eigenvalue weighted by Crippen LogP contribution is 2.09. The first kappa shape index (κ1) is 17.6. The minimum Gasteiger partial charge on any atom is -0.340 e. The third kappa shape index (κ3) is 4.38. The van der Waals surface area contributed by atoms with Crippen molar-refractivity contribution in [2.24, 2.45) is 5.73 Å². The number of nitrogens with two attached hydrogens (primary N) is 1. The lowest BCUT2D eigenvalue weighted by atomic mass is 10.3. The molecule has 1 aliphatic heterocycles. The van der Waals surface area contributed by atoms with Crippen molar-refractivity contribution in [2.45, 2.75) is 26.3 Å². The molecular weight excluding hydrogens is 278 g/mol. The van der Waals surface area contributed by atoms with Gasteiger partial charge < -0.3 is 10.6 Å². The maximum atomic E-state index is 11.9. The van der Waals surface area contributed by atoms with Gasteiger partial charge in [0.2, 0.25) is 15.9 Å². The molecule has 0 aliphatic carbocycles. The van der Waals surface area contributed by atoms with Crippen LogP contribution in [0.2, 0.25) is 0 Å². The predicted molar refractivity (Wildman–Crippen MR) is 73.1 cm³/mol. The van der Waals surface area contributed by atoms with Gasteiger partial charge in [-0.05, 0) is 6.42 Å². The molecule has 0 unspecified atom stereocenters. The first-order chi connectivity index (χ1) is 7.90. The van der Waals surface area contributed by atoms with Crippen LogP contribution in [-0.2, 0) is 14.8 Å². The maximum Gasteiger partial charge on any atom is 0.239 e. The lowest BCUT2D eigenvalue weighted by Gasteiger charge is -2.21. The number of likely N-dealkylation sites (tertiary alicyclic amines) is 1. The molecule has 0 aromatic carbocycles. The molecule has 0 bridgehead atoms. The van der Waals surface area contributed by atoms with E-state index >= 15 is 0 Å². The summed E-state index contributed by atoms with van der Waals surface area (Å²) in [5.41, 5.74) is 5.69. The second-order valence-corrected chi connectivity index (χ2v) is 6.20. The molecule has 1 amide bonds. The number of halogens is 1. The molecule has 1 aliphatic rings. The summed E-state index contributed by atoms with van der Waals surface area (Å²) >= 11 is 0. The minimum absolute atomic E-state index is 0. The predicted octanol–water partition coefficient (Wildman–Crippen LogP) is -0.361. The van der Waals surface area contributed by atoms with Gasteiger partial charge in [0, 0.05) is 32.2 Å². The van der Waals surface area contributed by atoms with Crippen molar-refractivity contribution >= 4 is 28.3 Å². The molecule has 108 valence electrons. The third-order valence-electron chi connectivity index (χ3n) is 2.98. The summed E-state index contributed by atoms with van der Waals surface area (Å²) in [5.74, 6) is -0.786. The van der Waals surface area contributed by atoms with E-state index in [1.807, 2.05) is 0 Å². The summed E-state index contributed by atoms with van der Waals surface area (Å²) in [6, 6.07) is -0.0184. The maximum absolute atomic E-state index is 11.9. The number of hydrogen-bond donors (Lipinski definition) is 1. The Morgan fingerprint density at radius 1 is 1.39 bits per heavy atom. The smallest absolute Gasteiger partial charge is 0.239 e. The van der Waals surface area contributed by atoms with Gasteiger partial charge in [-0.2, -0.15) is 0 Å². The molecule has 0 aromatic rings. The van der Waals surface area contributed by atoms with Crippen molar-refractivity contribution < 1.29 is 13.2 Å². The van der Waals surface area contributed by atoms with E-state index in [9.17, 15) is 13.2 Å². The van der Waals surface area contributed by atoms with Gasteiger partial charge in [-0.1, -0.05) is 13.8 Å². The number of amides is 1. The third-order valence-corrected chi connectivity index (χ3v) is 4.90. The van der Waals surface area contributed by atoms with Gasteiger partial charge in [0.1, 0.15) is 5.75 Å². The van der Waals surface area contributed by atoms with Crippen LogP contribution in [0.4, 0.5) is 0 Å². The average Bonchev–Trinajstić information content (AvgIpc) is 2.65. The number of hydrogen-bond acceptors (Lipinski definition) is 4. The van der Waals surface area contributed by atoms with Crippen molar-refractivity contribution in [2.75, 3.05) is 31.9 Å². The fraction of sp³-hybridized carbons (Fsp3) is 0.900. The van der Waals surface area contributed by atoms with Crippen LogP contribution in [0.3, 0.4) is 0 Å². The van der Waals surface area contributed by atoms with Gasteiger partial charge in [0.05, 0.1) is 0 Å². The topological polar surface area (TPSA) is 83.7 Å². The Hall–Kier alpha value is -0.370. The second kappa shape index (κ2) is 7.28. The van der Waals surface area contributed by atoms with Crippen LogP contribution < -0.4 is 5.73 Å². The zero-order valence-electron chi connectivity index (χ0n) is 10.8. The molecule has 6 nitrogen and oxygen atoms in total. The molecule has 0 aromatic heterocycles. The van der Waals surface area contributed by atoms with Crippen molar-refractivity contribution in [1.29, 1.82) is 0 Å². The molecule has 1 rings (SSSR count). The SMILES string of the molecule is CCN(CC)S(=O)(=O)CC(=O)N1CC[C@@H](N)C1.Cl. The fourth-order valence-corrected chi connectivity index (χ4v) is 3.43. The quantitative estimate of drug-likeness (QED) is 0.751. The zero-order chi connectivity index (χ0) is 13.1. The zero-order valence-corrected chi connectivity index (χ0v) is 12.5. The van der Waals surface area contributed by atoms with Gasteiger partial charge in [-0.15, -0.1) is 12.4 Å². The Labute approximate surface area is 115 Å². The first-order valence-electron chi connectivity index (χ1n) is 5.91. The van der Waals surface area contributed by atoms with Crippen LogP contribution in [0.5, 0.6) is 0 Å². The average molecular weight is 300 g/mol. The van der Waals surface area contributed by atoms with Crippen LogP contribution >= 0.6 is 12.4 Å². The number of sulfonamides is 1. The molecule has 1 fully saturated rings. The van der Waals surface area contributed by atoms with Crippen molar-refractivity contribution in [3.8, 4) is 0 Å². The Morgan fingerprint density at radius 3 is 2.33 bits per heavy atom. The summed E-state index contributed by atoms with van der Waals surface area (Å²) in [5, 5.41) is 0. The first-order valence-corrected chi connectivity index (χ1v) is 7.52. The summed E-state index contributed by atoms with van der Waals surface area (Å²) in [6.45, 7) is 5.34. The normalized spacial score (nSPS) is 20.0. The summed E-state index contributed by atoms with van der Waals surface area (Å²) in [4.78, 5) is 13.3. The Balaban J connectivity index is 0.00000289. The molecule has 0 saturated carbocycles. The Bertz CT molecular complexity index is 371. The van der Waals surface area contributed by atoms with Crippen LogP contribution in [0.1, 0.15) is 20.3 Å². The highest BCUT2D eigenvalue weighted by molar-refractivity contribution is 7.89. The molecule has 8 heteroatoms. The molecule has 18 heavy (non-hydrogen) atoms. The summed E-state index contributed by atoms with van der Waals surface area (Å²) < 4.78 is 25.1. The molecule has 2 N–H and O–H groups in total. The summed E-state index contributed by atoms with van der Waals surface area (Å²) in [6.07, 6.45) is 0.747.